The Balaban J connectivity index is 2.04. The van der Waals surface area contributed by atoms with Gasteiger partial charge in [0.15, 0.2) is 5.76 Å². The van der Waals surface area contributed by atoms with Gasteiger partial charge in [-0.25, -0.2) is 0 Å². The number of aryl methyl sites for hydroxylation is 1. The Morgan fingerprint density at radius 1 is 1.35 bits per heavy atom. The van der Waals surface area contributed by atoms with E-state index in [1.165, 1.54) is 0 Å². The van der Waals surface area contributed by atoms with Gasteiger partial charge in [-0.3, -0.25) is 4.79 Å². The van der Waals surface area contributed by atoms with Gasteiger partial charge >= 0.3 is 0 Å². The van der Waals surface area contributed by atoms with Crippen LogP contribution in [0.4, 0.5) is 0 Å². The van der Waals surface area contributed by atoms with Gasteiger partial charge in [0.2, 0.25) is 0 Å². The van der Waals surface area contributed by atoms with Crippen LogP contribution in [0, 0.1) is 6.92 Å². The minimum absolute atomic E-state index is 0.255. The molecule has 1 aromatic carbocycles. The molecule has 0 aliphatic heterocycles. The second kappa shape index (κ2) is 7.68. The highest BCUT2D eigenvalue weighted by Crippen LogP contribution is 2.28. The van der Waals surface area contributed by atoms with E-state index in [0.29, 0.717) is 18.2 Å². The number of furan rings is 1. The molecule has 0 spiro atoms. The average Bonchev–Trinajstić information content (AvgIpc) is 2.99. The molecule has 1 heterocycles. The van der Waals surface area contributed by atoms with Gasteiger partial charge in [0.1, 0.15) is 18.1 Å². The van der Waals surface area contributed by atoms with E-state index in [2.05, 4.69) is 37.9 Å². The molecule has 1 amide bonds. The zero-order valence-electron chi connectivity index (χ0n) is 13.9. The molecule has 0 saturated carbocycles. The Morgan fingerprint density at radius 3 is 2.83 bits per heavy atom. The molecule has 4 nitrogen and oxygen atoms in total. The quantitative estimate of drug-likeness (QED) is 0.779. The predicted octanol–water partition coefficient (Wildman–Crippen LogP) is 4.21. The summed E-state index contributed by atoms with van der Waals surface area (Å²) in [7, 11) is 0. The Labute approximate surface area is 137 Å². The number of hydrogen-bond donors (Lipinski definition) is 1. The van der Waals surface area contributed by atoms with E-state index in [1.807, 2.05) is 13.0 Å². The van der Waals surface area contributed by atoms with Gasteiger partial charge in [0, 0.05) is 6.54 Å². The van der Waals surface area contributed by atoms with Crippen molar-refractivity contribution < 1.29 is 13.9 Å². The Bertz CT molecular complexity index is 686. The van der Waals surface area contributed by atoms with Crippen LogP contribution in [0.1, 0.15) is 47.2 Å². The lowest BCUT2D eigenvalue weighted by Gasteiger charge is -2.14. The zero-order chi connectivity index (χ0) is 16.8. The summed E-state index contributed by atoms with van der Waals surface area (Å²) in [4.78, 5) is 11.8. The number of carbonyl (C=O) groups excluding carboxylic acids is 1. The fourth-order valence-electron chi connectivity index (χ4n) is 2.22. The van der Waals surface area contributed by atoms with E-state index in [0.717, 1.165) is 16.9 Å². The van der Waals surface area contributed by atoms with Crippen LogP contribution in [0.25, 0.3) is 0 Å². The Kier molecular flexibility index (Phi) is 5.63. The molecule has 0 atom stereocenters. The van der Waals surface area contributed by atoms with Gasteiger partial charge in [-0.1, -0.05) is 32.1 Å². The Hall–Kier alpha value is -2.49. The lowest BCUT2D eigenvalue weighted by atomic mass is 10.0. The topological polar surface area (TPSA) is 51.5 Å². The molecule has 0 bridgehead atoms. The highest BCUT2D eigenvalue weighted by molar-refractivity contribution is 5.91. The van der Waals surface area contributed by atoms with Crippen molar-refractivity contribution in [2.45, 2.75) is 33.3 Å². The number of ether oxygens (including phenoxy) is 1. The number of nitrogens with one attached hydrogen (secondary N) is 1. The lowest BCUT2D eigenvalue weighted by Crippen LogP contribution is -2.22. The summed E-state index contributed by atoms with van der Waals surface area (Å²) in [6, 6.07) is 9.60. The van der Waals surface area contributed by atoms with Crippen LogP contribution in [-0.2, 0) is 6.61 Å². The van der Waals surface area contributed by atoms with E-state index in [9.17, 15) is 4.79 Å². The summed E-state index contributed by atoms with van der Waals surface area (Å²) < 4.78 is 11.4. The maximum absolute atomic E-state index is 11.8. The first kappa shape index (κ1) is 16.9. The van der Waals surface area contributed by atoms with Crippen LogP contribution >= 0.6 is 0 Å². The number of benzene rings is 1. The molecule has 23 heavy (non-hydrogen) atoms. The summed E-state index contributed by atoms with van der Waals surface area (Å²) in [6.45, 7) is 10.6. The van der Waals surface area contributed by atoms with Gasteiger partial charge in [-0.2, -0.15) is 0 Å². The first-order valence-corrected chi connectivity index (χ1v) is 7.72. The third kappa shape index (κ3) is 4.49. The Morgan fingerprint density at radius 2 is 2.13 bits per heavy atom. The molecule has 0 radical (unpaired) electrons. The van der Waals surface area contributed by atoms with E-state index < -0.39 is 0 Å². The SMILES string of the molecule is C=CCNC(=O)c1ccc(COc2cc(C)ccc2C(C)C)o1. The van der Waals surface area contributed by atoms with Crippen LogP contribution in [0.15, 0.2) is 47.4 Å². The molecule has 1 aromatic heterocycles. The van der Waals surface area contributed by atoms with E-state index in [-0.39, 0.29) is 18.3 Å². The van der Waals surface area contributed by atoms with Crippen molar-refractivity contribution in [2.75, 3.05) is 6.54 Å². The molecule has 4 heteroatoms. The molecular weight excluding hydrogens is 290 g/mol. The second-order valence-corrected chi connectivity index (χ2v) is 5.75. The second-order valence-electron chi connectivity index (χ2n) is 5.75. The minimum atomic E-state index is -0.255. The van der Waals surface area contributed by atoms with Gasteiger partial charge in [0.25, 0.3) is 5.91 Å². The van der Waals surface area contributed by atoms with Crippen LogP contribution in [0.2, 0.25) is 0 Å². The zero-order valence-corrected chi connectivity index (χ0v) is 13.9. The van der Waals surface area contributed by atoms with Gasteiger partial charge < -0.3 is 14.5 Å². The molecule has 0 aliphatic rings. The van der Waals surface area contributed by atoms with E-state index >= 15 is 0 Å². The van der Waals surface area contributed by atoms with Crippen LogP contribution in [0.3, 0.4) is 0 Å². The monoisotopic (exact) mass is 313 g/mol. The molecule has 0 unspecified atom stereocenters. The minimum Gasteiger partial charge on any atom is -0.485 e. The average molecular weight is 313 g/mol. The third-order valence-electron chi connectivity index (χ3n) is 3.45. The summed E-state index contributed by atoms with van der Waals surface area (Å²) in [5.41, 5.74) is 2.31. The van der Waals surface area contributed by atoms with Crippen molar-refractivity contribution in [2.24, 2.45) is 0 Å². The van der Waals surface area contributed by atoms with Gasteiger partial charge in [-0.15, -0.1) is 6.58 Å². The van der Waals surface area contributed by atoms with E-state index in [4.69, 9.17) is 9.15 Å². The molecule has 122 valence electrons. The van der Waals surface area contributed by atoms with Crippen molar-refractivity contribution in [3.63, 3.8) is 0 Å². The van der Waals surface area contributed by atoms with Crippen molar-refractivity contribution in [1.29, 1.82) is 0 Å². The first-order valence-electron chi connectivity index (χ1n) is 7.72. The van der Waals surface area contributed by atoms with Gasteiger partial charge in [-0.05, 0) is 42.2 Å². The predicted molar refractivity (Wildman–Crippen MR) is 90.8 cm³/mol. The first-order chi connectivity index (χ1) is 11.0. The lowest BCUT2D eigenvalue weighted by molar-refractivity contribution is 0.0926. The standard InChI is InChI=1S/C19H23NO3/c1-5-10-20-19(21)17-9-7-15(23-17)12-22-18-11-14(4)6-8-16(18)13(2)3/h5-9,11,13H,1,10,12H2,2-4H3,(H,20,21). The smallest absolute Gasteiger partial charge is 0.287 e. The molecule has 1 N–H and O–H groups in total. The van der Waals surface area contributed by atoms with Crippen LogP contribution in [0.5, 0.6) is 5.75 Å². The molecule has 0 saturated heterocycles. The molecule has 2 aromatic rings. The van der Waals surface area contributed by atoms with Crippen molar-refractivity contribution in [1.82, 2.24) is 5.32 Å². The van der Waals surface area contributed by atoms with E-state index in [1.54, 1.807) is 18.2 Å². The highest BCUT2D eigenvalue weighted by atomic mass is 16.5. The number of rotatable bonds is 7. The van der Waals surface area contributed by atoms with Crippen LogP contribution in [-0.4, -0.2) is 12.5 Å². The van der Waals surface area contributed by atoms with Crippen molar-refractivity contribution in [3.05, 3.63) is 65.6 Å². The molecule has 0 aliphatic carbocycles. The molecular formula is C19H23NO3. The summed E-state index contributed by atoms with van der Waals surface area (Å²) in [5.74, 6) is 1.87. The maximum atomic E-state index is 11.8. The number of carbonyl (C=O) groups is 1. The summed E-state index contributed by atoms with van der Waals surface area (Å²) in [5, 5.41) is 2.68. The fraction of sp³-hybridized carbons (Fsp3) is 0.316. The normalized spacial score (nSPS) is 10.6. The summed E-state index contributed by atoms with van der Waals surface area (Å²) in [6.07, 6.45) is 1.62. The number of hydrogen-bond acceptors (Lipinski definition) is 3. The highest BCUT2D eigenvalue weighted by Gasteiger charge is 2.12. The maximum Gasteiger partial charge on any atom is 0.287 e. The summed E-state index contributed by atoms with van der Waals surface area (Å²) >= 11 is 0. The third-order valence-corrected chi connectivity index (χ3v) is 3.45. The van der Waals surface area contributed by atoms with Crippen molar-refractivity contribution >= 4 is 5.91 Å². The largest absolute Gasteiger partial charge is 0.485 e. The molecule has 2 rings (SSSR count). The number of amides is 1. The van der Waals surface area contributed by atoms with Gasteiger partial charge in [0.05, 0.1) is 0 Å². The molecule has 0 fully saturated rings. The van der Waals surface area contributed by atoms with Crippen molar-refractivity contribution in [3.8, 4) is 5.75 Å². The fourth-order valence-corrected chi connectivity index (χ4v) is 2.22. The van der Waals surface area contributed by atoms with Crippen LogP contribution < -0.4 is 10.1 Å².